The minimum Gasteiger partial charge on any atom is -0.512 e. The molecule has 0 fully saturated rings. The molecule has 0 saturated heterocycles. The van der Waals surface area contributed by atoms with Crippen molar-refractivity contribution in [1.82, 2.24) is 4.98 Å². The van der Waals surface area contributed by atoms with Gasteiger partial charge in [0.1, 0.15) is 16.9 Å². The van der Waals surface area contributed by atoms with Gasteiger partial charge in [0.15, 0.2) is 5.78 Å². The molecule has 6 heteroatoms. The minimum atomic E-state index is -0.337. The molecule has 6 rings (SSSR count). The number of benzene rings is 3. The zero-order valence-electron chi connectivity index (χ0n) is 32.9. The van der Waals surface area contributed by atoms with Gasteiger partial charge in [0.05, 0.1) is 0 Å². The van der Waals surface area contributed by atoms with Gasteiger partial charge in [-0.3, -0.25) is 9.78 Å². The maximum Gasteiger partial charge on any atom is 0.164 e. The molecular formula is C46H56IrNO3S-. The standard InChI is InChI=1S/C31H28NOS.C15H28O2.Ir/c1-18(2)14-22-16-20-10-11-26-27(30(20)34-22)24-12-13-32-28(29(24)33-26)21-15-19-8-6-7-9-23(19)25(17-21)31(3,4)5;1-7-14(5,8-2)12(16)11-13(17)15(6,9-3)10-4;/h6-13,16-18H,14H2,1-5H3;11,16H,7-10H2,1-6H3;/q-1;;/b;12-11-;. The van der Waals surface area contributed by atoms with Crippen LogP contribution in [-0.4, -0.2) is 15.9 Å². The summed E-state index contributed by atoms with van der Waals surface area (Å²) in [5.41, 5.74) is 4.30. The first-order valence-corrected chi connectivity index (χ1v) is 19.5. The Morgan fingerprint density at radius 1 is 0.904 bits per heavy atom. The van der Waals surface area contributed by atoms with Gasteiger partial charge in [-0.15, -0.1) is 40.5 Å². The van der Waals surface area contributed by atoms with Crippen LogP contribution in [0.15, 0.2) is 77.0 Å². The molecule has 3 aromatic carbocycles. The van der Waals surface area contributed by atoms with Crippen molar-refractivity contribution in [1.29, 1.82) is 0 Å². The molecule has 3 aromatic heterocycles. The summed E-state index contributed by atoms with van der Waals surface area (Å²) in [6.45, 7) is 23.4. The Kier molecular flexibility index (Phi) is 13.0. The van der Waals surface area contributed by atoms with Crippen molar-refractivity contribution in [3.05, 3.63) is 89.1 Å². The number of aliphatic hydroxyl groups excluding tert-OH is 1. The first kappa shape index (κ1) is 41.4. The van der Waals surface area contributed by atoms with E-state index in [0.29, 0.717) is 5.92 Å². The average Bonchev–Trinajstić information content (AvgIpc) is 3.70. The number of fused-ring (bicyclic) bond motifs is 6. The Hall–Kier alpha value is -3.31. The summed E-state index contributed by atoms with van der Waals surface area (Å²) >= 11 is 1.90. The summed E-state index contributed by atoms with van der Waals surface area (Å²) in [5.74, 6) is 0.926. The number of aromatic nitrogens is 1. The quantitative estimate of drug-likeness (QED) is 0.0845. The molecule has 0 aliphatic carbocycles. The smallest absolute Gasteiger partial charge is 0.164 e. The van der Waals surface area contributed by atoms with Gasteiger partial charge in [-0.05, 0) is 73.1 Å². The Balaban J connectivity index is 0.000000289. The van der Waals surface area contributed by atoms with Crippen LogP contribution >= 0.6 is 11.3 Å². The van der Waals surface area contributed by atoms with Crippen LogP contribution in [-0.2, 0) is 36.7 Å². The zero-order valence-corrected chi connectivity index (χ0v) is 36.1. The number of furan rings is 1. The third kappa shape index (κ3) is 8.25. The maximum atomic E-state index is 12.2. The number of nitrogens with zero attached hydrogens (tertiary/aromatic N) is 1. The van der Waals surface area contributed by atoms with Gasteiger partial charge in [0.25, 0.3) is 0 Å². The van der Waals surface area contributed by atoms with E-state index >= 15 is 0 Å². The van der Waals surface area contributed by atoms with E-state index in [1.807, 2.05) is 59.1 Å². The number of carbonyl (C=O) groups is 1. The molecular weight excluding hydrogens is 839 g/mol. The predicted molar refractivity (Wildman–Crippen MR) is 219 cm³/mol. The van der Waals surface area contributed by atoms with E-state index < -0.39 is 0 Å². The van der Waals surface area contributed by atoms with Crippen molar-refractivity contribution in [2.75, 3.05) is 0 Å². The Bertz CT molecular complexity index is 2210. The molecule has 6 aromatic rings. The molecule has 1 radical (unpaired) electrons. The molecule has 52 heavy (non-hydrogen) atoms. The van der Waals surface area contributed by atoms with E-state index in [1.165, 1.54) is 37.4 Å². The third-order valence-corrected chi connectivity index (χ3v) is 12.3. The molecule has 0 aliphatic rings. The predicted octanol–water partition coefficient (Wildman–Crippen LogP) is 14.0. The fourth-order valence-corrected chi connectivity index (χ4v) is 8.12. The normalized spacial score (nSPS) is 12.8. The summed E-state index contributed by atoms with van der Waals surface area (Å²) < 4.78 is 7.81. The van der Waals surface area contributed by atoms with E-state index in [2.05, 4.69) is 95.3 Å². The topological polar surface area (TPSA) is 63.3 Å². The van der Waals surface area contributed by atoms with Crippen LogP contribution in [0.3, 0.4) is 0 Å². The second kappa shape index (κ2) is 16.4. The van der Waals surface area contributed by atoms with E-state index in [0.717, 1.165) is 65.3 Å². The van der Waals surface area contributed by atoms with E-state index in [-0.39, 0.29) is 47.9 Å². The Labute approximate surface area is 328 Å². The molecule has 0 saturated carbocycles. The largest absolute Gasteiger partial charge is 0.512 e. The SMILES string of the molecule is CC(C)Cc1cc2ccc3oc4c(-c5[c-]c6ccccc6c(C(C)(C)C)c5)nccc4c3c2s1.CCC(C)(CC)C(=O)/C=C(\O)C(C)(CC)CC.[Ir]. The molecule has 0 unspecified atom stereocenters. The fraction of sp³-hybridized carbons (Fsp3) is 0.435. The van der Waals surface area contributed by atoms with E-state index in [4.69, 9.17) is 9.40 Å². The number of ketones is 1. The summed E-state index contributed by atoms with van der Waals surface area (Å²) in [4.78, 5) is 18.4. The summed E-state index contributed by atoms with van der Waals surface area (Å²) in [6, 6.07) is 23.1. The number of allylic oxidation sites excluding steroid dienone is 2. The van der Waals surface area contributed by atoms with Crippen LogP contribution in [0.1, 0.15) is 112 Å². The van der Waals surface area contributed by atoms with Crippen molar-refractivity contribution >= 4 is 59.9 Å². The first-order chi connectivity index (χ1) is 24.1. The van der Waals surface area contributed by atoms with Crippen molar-refractivity contribution in [2.24, 2.45) is 16.7 Å². The second-order valence-electron chi connectivity index (χ2n) is 16.1. The van der Waals surface area contributed by atoms with Crippen LogP contribution in [0.2, 0.25) is 0 Å². The molecule has 0 spiro atoms. The molecule has 0 bridgehead atoms. The maximum absolute atomic E-state index is 12.2. The number of pyridine rings is 1. The van der Waals surface area contributed by atoms with Gasteiger partial charge in [-0.1, -0.05) is 105 Å². The number of hydrogen-bond acceptors (Lipinski definition) is 5. The number of rotatable bonds is 10. The molecule has 0 amide bonds. The molecule has 0 aliphatic heterocycles. The number of aliphatic hydroxyl groups is 1. The van der Waals surface area contributed by atoms with Crippen molar-refractivity contribution in [3.63, 3.8) is 0 Å². The molecule has 279 valence electrons. The molecule has 1 N–H and O–H groups in total. The van der Waals surface area contributed by atoms with Crippen molar-refractivity contribution < 1.29 is 34.4 Å². The minimum absolute atomic E-state index is 0. The van der Waals surface area contributed by atoms with Crippen LogP contribution < -0.4 is 0 Å². The van der Waals surface area contributed by atoms with Gasteiger partial charge in [-0.2, -0.15) is 0 Å². The Morgan fingerprint density at radius 2 is 1.56 bits per heavy atom. The van der Waals surface area contributed by atoms with Crippen LogP contribution in [0.5, 0.6) is 0 Å². The molecule has 0 atom stereocenters. The van der Waals surface area contributed by atoms with Gasteiger partial charge < -0.3 is 9.52 Å². The van der Waals surface area contributed by atoms with Crippen molar-refractivity contribution in [3.8, 4) is 11.3 Å². The van der Waals surface area contributed by atoms with E-state index in [1.54, 1.807) is 0 Å². The Morgan fingerprint density at radius 3 is 2.17 bits per heavy atom. The summed E-state index contributed by atoms with van der Waals surface area (Å²) in [6.07, 6.45) is 7.77. The summed E-state index contributed by atoms with van der Waals surface area (Å²) in [5, 5.41) is 16.1. The fourth-order valence-electron chi connectivity index (χ4n) is 6.69. The van der Waals surface area contributed by atoms with E-state index in [9.17, 15) is 9.90 Å². The van der Waals surface area contributed by atoms with Gasteiger partial charge in [0.2, 0.25) is 0 Å². The second-order valence-corrected chi connectivity index (χ2v) is 17.3. The van der Waals surface area contributed by atoms with Gasteiger partial charge in [-0.25, -0.2) is 0 Å². The number of hydrogen-bond donors (Lipinski definition) is 1. The zero-order chi connectivity index (χ0) is 37.3. The number of carbonyl (C=O) groups excluding carboxylic acids is 1. The van der Waals surface area contributed by atoms with Gasteiger partial charge in [0, 0.05) is 69.3 Å². The summed E-state index contributed by atoms with van der Waals surface area (Å²) in [7, 11) is 0. The first-order valence-electron chi connectivity index (χ1n) is 18.7. The van der Waals surface area contributed by atoms with Crippen LogP contribution in [0.25, 0.3) is 54.1 Å². The molecule has 3 heterocycles. The third-order valence-electron chi connectivity index (χ3n) is 11.1. The van der Waals surface area contributed by atoms with Crippen molar-refractivity contribution in [2.45, 2.75) is 114 Å². The number of thiophene rings is 1. The van der Waals surface area contributed by atoms with Crippen LogP contribution in [0.4, 0.5) is 0 Å². The van der Waals surface area contributed by atoms with Crippen LogP contribution in [0, 0.1) is 22.8 Å². The monoisotopic (exact) mass is 895 g/mol. The average molecular weight is 895 g/mol. The van der Waals surface area contributed by atoms with Gasteiger partial charge >= 0.3 is 0 Å². The molecule has 4 nitrogen and oxygen atoms in total.